The van der Waals surface area contributed by atoms with Crippen molar-refractivity contribution in [2.75, 3.05) is 5.73 Å². The molecule has 2 N–H and O–H groups in total. The molecule has 18 heavy (non-hydrogen) atoms. The van der Waals surface area contributed by atoms with Gasteiger partial charge < -0.3 is 14.8 Å². The van der Waals surface area contributed by atoms with E-state index in [0.29, 0.717) is 6.54 Å². The van der Waals surface area contributed by atoms with Gasteiger partial charge in [0.1, 0.15) is 12.1 Å². The van der Waals surface area contributed by atoms with Gasteiger partial charge in [0, 0.05) is 29.2 Å². The Balaban J connectivity index is 1.94. The molecular formula is C13H12N4O. The van der Waals surface area contributed by atoms with Gasteiger partial charge in [0.2, 0.25) is 0 Å². The number of nitrogens with zero attached hydrogens (tertiary/aromatic N) is 3. The van der Waals surface area contributed by atoms with Crippen LogP contribution in [0.2, 0.25) is 0 Å². The second kappa shape index (κ2) is 4.37. The zero-order valence-electron chi connectivity index (χ0n) is 9.65. The summed E-state index contributed by atoms with van der Waals surface area (Å²) in [5.74, 6) is 0.899. The molecule has 0 spiro atoms. The van der Waals surface area contributed by atoms with Gasteiger partial charge in [-0.3, -0.25) is 0 Å². The predicted octanol–water partition coefficient (Wildman–Crippen LogP) is 2.17. The van der Waals surface area contributed by atoms with Crippen LogP contribution < -0.4 is 5.73 Å². The highest BCUT2D eigenvalue weighted by Crippen LogP contribution is 2.19. The Labute approximate surface area is 104 Å². The Morgan fingerprint density at radius 1 is 1.22 bits per heavy atom. The third-order valence-electron chi connectivity index (χ3n) is 2.72. The quantitative estimate of drug-likeness (QED) is 0.712. The minimum absolute atomic E-state index is 0.684. The van der Waals surface area contributed by atoms with E-state index in [0.717, 1.165) is 22.6 Å². The fraction of sp³-hybridized carbons (Fsp3) is 0.0769. The van der Waals surface area contributed by atoms with Gasteiger partial charge >= 0.3 is 0 Å². The summed E-state index contributed by atoms with van der Waals surface area (Å²) in [5.41, 5.74) is 8.46. The van der Waals surface area contributed by atoms with Crippen molar-refractivity contribution < 1.29 is 4.52 Å². The lowest BCUT2D eigenvalue weighted by molar-refractivity contribution is 0.418. The van der Waals surface area contributed by atoms with Crippen LogP contribution in [0.1, 0.15) is 5.56 Å². The SMILES string of the molecule is Nc1ccc(-c2nccn2Cc2cnoc2)cc1. The minimum Gasteiger partial charge on any atom is -0.399 e. The first kappa shape index (κ1) is 10.6. The molecular weight excluding hydrogens is 228 g/mol. The van der Waals surface area contributed by atoms with E-state index < -0.39 is 0 Å². The Hall–Kier alpha value is -2.56. The molecule has 5 heteroatoms. The standard InChI is InChI=1S/C13H12N4O/c14-12-3-1-11(2-4-12)13-15-5-6-17(13)8-10-7-16-18-9-10/h1-7,9H,8,14H2. The van der Waals surface area contributed by atoms with Crippen molar-refractivity contribution in [3.8, 4) is 11.4 Å². The number of hydrogen-bond acceptors (Lipinski definition) is 4. The van der Waals surface area contributed by atoms with E-state index in [9.17, 15) is 0 Å². The summed E-state index contributed by atoms with van der Waals surface area (Å²) >= 11 is 0. The van der Waals surface area contributed by atoms with Crippen molar-refractivity contribution in [2.24, 2.45) is 0 Å². The van der Waals surface area contributed by atoms with Crippen LogP contribution in [0.15, 0.2) is 53.6 Å². The number of hydrogen-bond donors (Lipinski definition) is 1. The summed E-state index contributed by atoms with van der Waals surface area (Å²) in [6.07, 6.45) is 7.04. The van der Waals surface area contributed by atoms with E-state index >= 15 is 0 Å². The molecule has 0 aliphatic carbocycles. The highest BCUT2D eigenvalue weighted by Gasteiger charge is 2.07. The van der Waals surface area contributed by atoms with Crippen molar-refractivity contribution in [1.82, 2.24) is 14.7 Å². The first-order valence-electron chi connectivity index (χ1n) is 5.58. The van der Waals surface area contributed by atoms with Crippen molar-refractivity contribution in [3.05, 3.63) is 54.7 Å². The number of nitrogen functional groups attached to an aromatic ring is 1. The fourth-order valence-electron chi connectivity index (χ4n) is 1.83. The molecule has 0 amide bonds. The summed E-state index contributed by atoms with van der Waals surface area (Å²) in [6.45, 7) is 0.684. The summed E-state index contributed by atoms with van der Waals surface area (Å²) in [6, 6.07) is 7.66. The number of aromatic nitrogens is 3. The molecule has 0 aliphatic heterocycles. The summed E-state index contributed by atoms with van der Waals surface area (Å²) < 4.78 is 6.86. The lowest BCUT2D eigenvalue weighted by Gasteiger charge is -2.06. The highest BCUT2D eigenvalue weighted by molar-refractivity contribution is 5.59. The third-order valence-corrected chi connectivity index (χ3v) is 2.72. The van der Waals surface area contributed by atoms with Crippen molar-refractivity contribution in [2.45, 2.75) is 6.54 Å². The smallest absolute Gasteiger partial charge is 0.140 e. The fourth-order valence-corrected chi connectivity index (χ4v) is 1.83. The van der Waals surface area contributed by atoms with Crippen LogP contribution in [0, 0.1) is 0 Å². The molecule has 2 heterocycles. The Morgan fingerprint density at radius 2 is 2.06 bits per heavy atom. The maximum Gasteiger partial charge on any atom is 0.140 e. The molecule has 0 fully saturated rings. The van der Waals surface area contributed by atoms with Gasteiger partial charge in [-0.05, 0) is 24.3 Å². The molecule has 0 bridgehead atoms. The van der Waals surface area contributed by atoms with Crippen LogP contribution in [-0.4, -0.2) is 14.7 Å². The monoisotopic (exact) mass is 240 g/mol. The van der Waals surface area contributed by atoms with Gasteiger partial charge in [0.25, 0.3) is 0 Å². The molecule has 5 nitrogen and oxygen atoms in total. The van der Waals surface area contributed by atoms with Crippen LogP contribution >= 0.6 is 0 Å². The lowest BCUT2D eigenvalue weighted by Crippen LogP contribution is -2.00. The Bertz CT molecular complexity index is 625. The molecule has 0 aliphatic rings. The second-order valence-corrected chi connectivity index (χ2v) is 4.03. The molecule has 0 radical (unpaired) electrons. The van der Waals surface area contributed by atoms with Crippen molar-refractivity contribution >= 4 is 5.69 Å². The molecule has 3 rings (SSSR count). The molecule has 1 aromatic carbocycles. The Kier molecular flexibility index (Phi) is 2.57. The number of rotatable bonds is 3. The largest absolute Gasteiger partial charge is 0.399 e. The van der Waals surface area contributed by atoms with Gasteiger partial charge in [0.15, 0.2) is 0 Å². The van der Waals surface area contributed by atoms with Crippen LogP contribution in [0.3, 0.4) is 0 Å². The summed E-state index contributed by atoms with van der Waals surface area (Å²) in [5, 5.41) is 3.69. The third kappa shape index (κ3) is 1.98. The molecule has 0 saturated heterocycles. The molecule has 3 aromatic rings. The van der Waals surface area contributed by atoms with Crippen LogP contribution in [0.5, 0.6) is 0 Å². The van der Waals surface area contributed by atoms with E-state index in [2.05, 4.69) is 10.1 Å². The van der Waals surface area contributed by atoms with Gasteiger partial charge in [0.05, 0.1) is 12.7 Å². The summed E-state index contributed by atoms with van der Waals surface area (Å²) in [4.78, 5) is 4.37. The number of anilines is 1. The van der Waals surface area contributed by atoms with Gasteiger partial charge in [-0.25, -0.2) is 4.98 Å². The van der Waals surface area contributed by atoms with Crippen LogP contribution in [0.4, 0.5) is 5.69 Å². The normalized spacial score (nSPS) is 10.7. The van der Waals surface area contributed by atoms with Gasteiger partial charge in [-0.1, -0.05) is 5.16 Å². The molecule has 0 saturated carbocycles. The van der Waals surface area contributed by atoms with Gasteiger partial charge in [-0.2, -0.15) is 0 Å². The highest BCUT2D eigenvalue weighted by atomic mass is 16.5. The Morgan fingerprint density at radius 3 is 2.78 bits per heavy atom. The average molecular weight is 240 g/mol. The van der Waals surface area contributed by atoms with E-state index in [1.807, 2.05) is 35.0 Å². The van der Waals surface area contributed by atoms with Crippen molar-refractivity contribution in [1.29, 1.82) is 0 Å². The number of nitrogens with two attached hydrogens (primary N) is 1. The van der Waals surface area contributed by atoms with E-state index in [1.165, 1.54) is 0 Å². The summed E-state index contributed by atoms with van der Waals surface area (Å²) in [7, 11) is 0. The minimum atomic E-state index is 0.684. The van der Waals surface area contributed by atoms with E-state index in [1.54, 1.807) is 18.7 Å². The molecule has 0 atom stereocenters. The second-order valence-electron chi connectivity index (χ2n) is 4.03. The zero-order chi connectivity index (χ0) is 12.4. The maximum atomic E-state index is 5.68. The molecule has 0 unspecified atom stereocenters. The van der Waals surface area contributed by atoms with Gasteiger partial charge in [-0.15, -0.1) is 0 Å². The zero-order valence-corrected chi connectivity index (χ0v) is 9.65. The first-order chi connectivity index (χ1) is 8.83. The van der Waals surface area contributed by atoms with Crippen LogP contribution in [-0.2, 0) is 6.54 Å². The van der Waals surface area contributed by atoms with Crippen molar-refractivity contribution in [3.63, 3.8) is 0 Å². The number of benzene rings is 1. The molecule has 90 valence electrons. The number of imidazole rings is 1. The topological polar surface area (TPSA) is 69.9 Å². The maximum absolute atomic E-state index is 5.68. The average Bonchev–Trinajstić information content (AvgIpc) is 3.02. The predicted molar refractivity (Wildman–Crippen MR) is 67.7 cm³/mol. The van der Waals surface area contributed by atoms with E-state index in [4.69, 9.17) is 10.3 Å². The molecule has 2 aromatic heterocycles. The first-order valence-corrected chi connectivity index (χ1v) is 5.58. The van der Waals surface area contributed by atoms with Crippen LogP contribution in [0.25, 0.3) is 11.4 Å². The van der Waals surface area contributed by atoms with E-state index in [-0.39, 0.29) is 0 Å². The lowest BCUT2D eigenvalue weighted by atomic mass is 10.2.